The van der Waals surface area contributed by atoms with Gasteiger partial charge in [-0.25, -0.2) is 0 Å². The van der Waals surface area contributed by atoms with E-state index in [0.29, 0.717) is 12.1 Å². The van der Waals surface area contributed by atoms with Gasteiger partial charge in [-0.1, -0.05) is 6.58 Å². The molecule has 0 aromatic heterocycles. The van der Waals surface area contributed by atoms with Crippen molar-refractivity contribution in [2.75, 3.05) is 13.6 Å². The Bertz CT molecular complexity index is 156. The van der Waals surface area contributed by atoms with Crippen LogP contribution in [-0.4, -0.2) is 30.6 Å². The molecule has 0 radical (unpaired) electrons. The number of hydrogen-bond donors (Lipinski definition) is 0. The molecule has 1 aliphatic heterocycles. The van der Waals surface area contributed by atoms with Gasteiger partial charge in [0.2, 0.25) is 0 Å². The standard InChI is InChI=1S/C9H17NO/c1-7(2)11-8(3)9-5-6-10(9)4/h8-9H,1,5-6H2,2-4H3/t8-,9-/m0/s1. The molecule has 1 saturated heterocycles. The highest BCUT2D eigenvalue weighted by Crippen LogP contribution is 2.20. The second-order valence-electron chi connectivity index (χ2n) is 3.36. The molecule has 1 heterocycles. The quantitative estimate of drug-likeness (QED) is 0.574. The van der Waals surface area contributed by atoms with Gasteiger partial charge in [-0.15, -0.1) is 0 Å². The van der Waals surface area contributed by atoms with Crippen molar-refractivity contribution in [3.8, 4) is 0 Å². The third-order valence-electron chi connectivity index (χ3n) is 2.27. The van der Waals surface area contributed by atoms with Gasteiger partial charge in [-0.3, -0.25) is 4.90 Å². The molecule has 0 aliphatic carbocycles. The van der Waals surface area contributed by atoms with E-state index in [1.807, 2.05) is 6.92 Å². The van der Waals surface area contributed by atoms with Crippen molar-refractivity contribution in [3.05, 3.63) is 12.3 Å². The molecule has 0 unspecified atom stereocenters. The van der Waals surface area contributed by atoms with E-state index in [4.69, 9.17) is 4.74 Å². The Hall–Kier alpha value is -0.500. The van der Waals surface area contributed by atoms with Gasteiger partial charge in [-0.05, 0) is 33.9 Å². The first-order valence-electron chi connectivity index (χ1n) is 4.13. The number of likely N-dealkylation sites (N-methyl/N-ethyl adjacent to an activating group) is 1. The highest BCUT2D eigenvalue weighted by Gasteiger charge is 2.30. The molecule has 0 N–H and O–H groups in total. The lowest BCUT2D eigenvalue weighted by Gasteiger charge is -2.41. The zero-order valence-electron chi connectivity index (χ0n) is 7.63. The Morgan fingerprint density at radius 3 is 2.64 bits per heavy atom. The summed E-state index contributed by atoms with van der Waals surface area (Å²) in [6, 6.07) is 0.603. The fourth-order valence-electron chi connectivity index (χ4n) is 1.53. The molecule has 2 atom stereocenters. The van der Waals surface area contributed by atoms with Gasteiger partial charge < -0.3 is 4.74 Å². The molecule has 1 fully saturated rings. The third kappa shape index (κ3) is 1.96. The van der Waals surface area contributed by atoms with Crippen LogP contribution in [-0.2, 0) is 4.74 Å². The van der Waals surface area contributed by atoms with Gasteiger partial charge >= 0.3 is 0 Å². The summed E-state index contributed by atoms with van der Waals surface area (Å²) in [6.45, 7) is 8.93. The minimum Gasteiger partial charge on any atom is -0.494 e. The van der Waals surface area contributed by atoms with Crippen molar-refractivity contribution < 1.29 is 4.74 Å². The summed E-state index contributed by atoms with van der Waals surface area (Å²) in [7, 11) is 2.13. The Morgan fingerprint density at radius 1 is 1.73 bits per heavy atom. The lowest BCUT2D eigenvalue weighted by atomic mass is 9.99. The molecule has 0 spiro atoms. The van der Waals surface area contributed by atoms with Crippen molar-refractivity contribution in [1.29, 1.82) is 0 Å². The smallest absolute Gasteiger partial charge is 0.111 e. The number of likely N-dealkylation sites (tertiary alicyclic amines) is 1. The van der Waals surface area contributed by atoms with E-state index in [1.54, 1.807) is 0 Å². The molecule has 2 nitrogen and oxygen atoms in total. The van der Waals surface area contributed by atoms with E-state index >= 15 is 0 Å². The van der Waals surface area contributed by atoms with Crippen molar-refractivity contribution in [3.63, 3.8) is 0 Å². The lowest BCUT2D eigenvalue weighted by molar-refractivity contribution is -0.00556. The molecule has 1 aliphatic rings. The van der Waals surface area contributed by atoms with Crippen LogP contribution in [0.25, 0.3) is 0 Å². The Kier molecular flexibility index (Phi) is 2.55. The zero-order chi connectivity index (χ0) is 8.43. The van der Waals surface area contributed by atoms with Crippen LogP contribution in [0.4, 0.5) is 0 Å². The highest BCUT2D eigenvalue weighted by atomic mass is 16.5. The number of ether oxygens (including phenoxy) is 1. The highest BCUT2D eigenvalue weighted by molar-refractivity contribution is 4.88. The molecule has 0 aromatic carbocycles. The van der Waals surface area contributed by atoms with Crippen LogP contribution < -0.4 is 0 Å². The summed E-state index contributed by atoms with van der Waals surface area (Å²) in [5, 5.41) is 0. The lowest BCUT2D eigenvalue weighted by Crippen LogP contribution is -2.51. The molecule has 1 rings (SSSR count). The SMILES string of the molecule is C=C(C)O[C@@H](C)[C@@H]1CCN1C. The Balaban J connectivity index is 2.29. The predicted molar refractivity (Wildman–Crippen MR) is 46.4 cm³/mol. The monoisotopic (exact) mass is 155 g/mol. The minimum absolute atomic E-state index is 0.297. The predicted octanol–water partition coefficient (Wildman–Crippen LogP) is 1.63. The zero-order valence-corrected chi connectivity index (χ0v) is 7.63. The molecule has 0 aromatic rings. The van der Waals surface area contributed by atoms with Gasteiger partial charge in [-0.2, -0.15) is 0 Å². The van der Waals surface area contributed by atoms with Gasteiger partial charge in [0, 0.05) is 6.04 Å². The molecule has 11 heavy (non-hydrogen) atoms. The summed E-state index contributed by atoms with van der Waals surface area (Å²) in [5.74, 6) is 0.817. The second-order valence-corrected chi connectivity index (χ2v) is 3.36. The molecule has 0 saturated carbocycles. The number of allylic oxidation sites excluding steroid dienone is 1. The van der Waals surface area contributed by atoms with Crippen LogP contribution in [0.3, 0.4) is 0 Å². The van der Waals surface area contributed by atoms with Crippen LogP contribution in [0, 0.1) is 0 Å². The van der Waals surface area contributed by atoms with E-state index in [9.17, 15) is 0 Å². The van der Waals surface area contributed by atoms with Crippen molar-refractivity contribution in [1.82, 2.24) is 4.90 Å². The van der Waals surface area contributed by atoms with Crippen LogP contribution in [0.5, 0.6) is 0 Å². The maximum absolute atomic E-state index is 5.49. The summed E-state index contributed by atoms with van der Waals surface area (Å²) >= 11 is 0. The third-order valence-corrected chi connectivity index (χ3v) is 2.27. The fraction of sp³-hybridized carbons (Fsp3) is 0.778. The minimum atomic E-state index is 0.297. The van der Waals surface area contributed by atoms with E-state index in [1.165, 1.54) is 13.0 Å². The van der Waals surface area contributed by atoms with Crippen molar-refractivity contribution >= 4 is 0 Å². The molecule has 0 bridgehead atoms. The molecule has 64 valence electrons. The largest absolute Gasteiger partial charge is 0.494 e. The van der Waals surface area contributed by atoms with Crippen molar-refractivity contribution in [2.24, 2.45) is 0 Å². The van der Waals surface area contributed by atoms with E-state index in [0.717, 1.165) is 5.76 Å². The normalized spacial score (nSPS) is 27.4. The molecule has 0 amide bonds. The molecule has 2 heteroatoms. The average Bonchev–Trinajstić information content (AvgIpc) is 1.82. The van der Waals surface area contributed by atoms with Crippen LogP contribution >= 0.6 is 0 Å². The molecular weight excluding hydrogens is 138 g/mol. The topological polar surface area (TPSA) is 12.5 Å². The first-order chi connectivity index (χ1) is 5.11. The van der Waals surface area contributed by atoms with E-state index in [2.05, 4.69) is 25.5 Å². The summed E-state index contributed by atoms with van der Waals surface area (Å²) in [4.78, 5) is 2.31. The number of nitrogens with zero attached hydrogens (tertiary/aromatic N) is 1. The second kappa shape index (κ2) is 3.26. The average molecular weight is 155 g/mol. The fourth-order valence-corrected chi connectivity index (χ4v) is 1.53. The van der Waals surface area contributed by atoms with Gasteiger partial charge in [0.25, 0.3) is 0 Å². The van der Waals surface area contributed by atoms with Gasteiger partial charge in [0.1, 0.15) is 6.10 Å². The summed E-state index contributed by atoms with van der Waals surface area (Å²) in [5.41, 5.74) is 0. The van der Waals surface area contributed by atoms with E-state index in [-0.39, 0.29) is 0 Å². The van der Waals surface area contributed by atoms with Crippen LogP contribution in [0.15, 0.2) is 12.3 Å². The number of rotatable bonds is 3. The van der Waals surface area contributed by atoms with Crippen molar-refractivity contribution in [2.45, 2.75) is 32.4 Å². The van der Waals surface area contributed by atoms with E-state index < -0.39 is 0 Å². The first kappa shape index (κ1) is 8.60. The maximum atomic E-state index is 5.49. The molecular formula is C9H17NO. The van der Waals surface area contributed by atoms with Crippen LogP contribution in [0.1, 0.15) is 20.3 Å². The Labute approximate surface area is 68.8 Å². The first-order valence-corrected chi connectivity index (χ1v) is 4.13. The van der Waals surface area contributed by atoms with Gasteiger partial charge in [0.05, 0.1) is 5.76 Å². The Morgan fingerprint density at radius 2 is 2.36 bits per heavy atom. The summed E-state index contributed by atoms with van der Waals surface area (Å²) < 4.78 is 5.49. The summed E-state index contributed by atoms with van der Waals surface area (Å²) in [6.07, 6.45) is 1.55. The maximum Gasteiger partial charge on any atom is 0.111 e. The van der Waals surface area contributed by atoms with Crippen LogP contribution in [0.2, 0.25) is 0 Å². The number of hydrogen-bond acceptors (Lipinski definition) is 2. The van der Waals surface area contributed by atoms with Gasteiger partial charge in [0.15, 0.2) is 0 Å².